The van der Waals surface area contributed by atoms with Gasteiger partial charge in [-0.1, -0.05) is 12.8 Å². The highest BCUT2D eigenvalue weighted by atomic mass is 16.5. The van der Waals surface area contributed by atoms with E-state index in [0.29, 0.717) is 25.4 Å². The standard InChI is InChI=1S/C19H36N4O2/c1-2-20-19(22-10-5-13-25-15-17-8-9-17)23-12-11-21-18(24)14-16-6-3-4-7-16/h16-17H,2-15H2,1H3,(H,21,24)(H2,20,22,23). The molecule has 2 aliphatic rings. The zero-order valence-corrected chi connectivity index (χ0v) is 15.8. The molecule has 0 unspecified atom stereocenters. The molecular formula is C19H36N4O2. The van der Waals surface area contributed by atoms with Crippen molar-refractivity contribution >= 4 is 11.9 Å². The summed E-state index contributed by atoms with van der Waals surface area (Å²) in [6.45, 7) is 6.69. The van der Waals surface area contributed by atoms with Gasteiger partial charge in [-0.2, -0.15) is 0 Å². The second-order valence-corrected chi connectivity index (χ2v) is 7.26. The highest BCUT2D eigenvalue weighted by Crippen LogP contribution is 2.28. The molecule has 2 fully saturated rings. The summed E-state index contributed by atoms with van der Waals surface area (Å²) in [5, 5.41) is 9.51. The van der Waals surface area contributed by atoms with Gasteiger partial charge in [0.25, 0.3) is 0 Å². The van der Waals surface area contributed by atoms with Crippen molar-refractivity contribution in [1.29, 1.82) is 0 Å². The topological polar surface area (TPSA) is 74.8 Å². The molecule has 2 rings (SSSR count). The highest BCUT2D eigenvalue weighted by molar-refractivity contribution is 5.80. The number of guanidine groups is 1. The lowest BCUT2D eigenvalue weighted by Gasteiger charge is -2.13. The third-order valence-corrected chi connectivity index (χ3v) is 4.80. The van der Waals surface area contributed by atoms with E-state index in [9.17, 15) is 4.79 Å². The number of ether oxygens (including phenoxy) is 1. The number of amides is 1. The molecule has 3 N–H and O–H groups in total. The summed E-state index contributed by atoms with van der Waals surface area (Å²) < 4.78 is 5.62. The number of rotatable bonds is 12. The van der Waals surface area contributed by atoms with Crippen molar-refractivity contribution < 1.29 is 9.53 Å². The fourth-order valence-electron chi connectivity index (χ4n) is 3.17. The second-order valence-electron chi connectivity index (χ2n) is 7.26. The summed E-state index contributed by atoms with van der Waals surface area (Å²) in [6, 6.07) is 0. The van der Waals surface area contributed by atoms with Gasteiger partial charge >= 0.3 is 0 Å². The number of nitrogens with zero attached hydrogens (tertiary/aromatic N) is 1. The first-order valence-corrected chi connectivity index (χ1v) is 10.1. The Morgan fingerprint density at radius 2 is 1.80 bits per heavy atom. The third-order valence-electron chi connectivity index (χ3n) is 4.80. The Hall–Kier alpha value is -1.30. The van der Waals surface area contributed by atoms with Crippen molar-refractivity contribution in [3.05, 3.63) is 0 Å². The van der Waals surface area contributed by atoms with Gasteiger partial charge in [-0.05, 0) is 50.9 Å². The van der Waals surface area contributed by atoms with Crippen LogP contribution in [0.25, 0.3) is 0 Å². The monoisotopic (exact) mass is 352 g/mol. The van der Waals surface area contributed by atoms with Gasteiger partial charge in [-0.3, -0.25) is 9.79 Å². The van der Waals surface area contributed by atoms with Crippen molar-refractivity contribution in [2.45, 2.75) is 58.3 Å². The van der Waals surface area contributed by atoms with Gasteiger partial charge in [0, 0.05) is 45.8 Å². The van der Waals surface area contributed by atoms with Crippen LogP contribution in [0.15, 0.2) is 4.99 Å². The molecule has 0 spiro atoms. The molecule has 25 heavy (non-hydrogen) atoms. The molecule has 0 heterocycles. The zero-order chi connectivity index (χ0) is 17.7. The first-order chi connectivity index (χ1) is 12.3. The second kappa shape index (κ2) is 12.1. The third kappa shape index (κ3) is 9.68. The van der Waals surface area contributed by atoms with Crippen LogP contribution in [-0.2, 0) is 9.53 Å². The van der Waals surface area contributed by atoms with Crippen LogP contribution in [0.2, 0.25) is 0 Å². The smallest absolute Gasteiger partial charge is 0.220 e. The van der Waals surface area contributed by atoms with Crippen molar-refractivity contribution in [2.24, 2.45) is 16.8 Å². The van der Waals surface area contributed by atoms with Gasteiger partial charge in [0.15, 0.2) is 5.96 Å². The quantitative estimate of drug-likeness (QED) is 0.285. The highest BCUT2D eigenvalue weighted by Gasteiger charge is 2.20. The minimum atomic E-state index is 0.184. The molecule has 2 saturated carbocycles. The van der Waals surface area contributed by atoms with Crippen LogP contribution in [0, 0.1) is 11.8 Å². The molecule has 1 amide bonds. The van der Waals surface area contributed by atoms with Crippen LogP contribution in [0.5, 0.6) is 0 Å². The number of nitrogens with one attached hydrogen (secondary N) is 3. The number of hydrogen-bond acceptors (Lipinski definition) is 3. The predicted molar refractivity (Wildman–Crippen MR) is 102 cm³/mol. The van der Waals surface area contributed by atoms with E-state index in [1.165, 1.54) is 38.5 Å². The van der Waals surface area contributed by atoms with Crippen LogP contribution < -0.4 is 16.0 Å². The van der Waals surface area contributed by atoms with Crippen molar-refractivity contribution in [2.75, 3.05) is 39.4 Å². The summed E-state index contributed by atoms with van der Waals surface area (Å²) in [5.74, 6) is 2.43. The van der Waals surface area contributed by atoms with Crippen LogP contribution in [0.3, 0.4) is 0 Å². The van der Waals surface area contributed by atoms with E-state index in [1.54, 1.807) is 0 Å². The average Bonchev–Trinajstić information content (AvgIpc) is 3.29. The minimum Gasteiger partial charge on any atom is -0.381 e. The van der Waals surface area contributed by atoms with Crippen molar-refractivity contribution in [3.8, 4) is 0 Å². The van der Waals surface area contributed by atoms with E-state index in [1.807, 2.05) is 0 Å². The van der Waals surface area contributed by atoms with Crippen LogP contribution >= 0.6 is 0 Å². The summed E-state index contributed by atoms with van der Waals surface area (Å²) in [7, 11) is 0. The molecular weight excluding hydrogens is 316 g/mol. The van der Waals surface area contributed by atoms with Gasteiger partial charge in [0.1, 0.15) is 0 Å². The summed E-state index contributed by atoms with van der Waals surface area (Å²) >= 11 is 0. The zero-order valence-electron chi connectivity index (χ0n) is 15.8. The largest absolute Gasteiger partial charge is 0.381 e. The molecule has 0 aromatic carbocycles. The molecule has 144 valence electrons. The maximum atomic E-state index is 11.9. The number of carbonyl (C=O) groups excluding carboxylic acids is 1. The molecule has 0 aromatic rings. The van der Waals surface area contributed by atoms with Crippen molar-refractivity contribution in [1.82, 2.24) is 16.0 Å². The summed E-state index contributed by atoms with van der Waals surface area (Å²) in [5.41, 5.74) is 0. The van der Waals surface area contributed by atoms with E-state index in [-0.39, 0.29) is 5.91 Å². The van der Waals surface area contributed by atoms with Gasteiger partial charge in [0.2, 0.25) is 5.91 Å². The van der Waals surface area contributed by atoms with E-state index in [0.717, 1.165) is 44.6 Å². The van der Waals surface area contributed by atoms with Crippen LogP contribution in [-0.4, -0.2) is 51.3 Å². The maximum Gasteiger partial charge on any atom is 0.220 e. The fraction of sp³-hybridized carbons (Fsp3) is 0.895. The Labute approximate surface area is 152 Å². The molecule has 0 saturated heterocycles. The van der Waals surface area contributed by atoms with Crippen LogP contribution in [0.4, 0.5) is 0 Å². The Balaban J connectivity index is 1.49. The summed E-state index contributed by atoms with van der Waals surface area (Å²) in [6.07, 6.45) is 9.31. The van der Waals surface area contributed by atoms with Gasteiger partial charge in [0.05, 0.1) is 0 Å². The molecule has 2 aliphatic carbocycles. The van der Waals surface area contributed by atoms with Crippen molar-refractivity contribution in [3.63, 3.8) is 0 Å². The SMILES string of the molecule is CCNC(=NCCCOCC1CC1)NCCNC(=O)CC1CCCC1. The Bertz CT molecular complexity index is 404. The lowest BCUT2D eigenvalue weighted by atomic mass is 10.0. The number of aliphatic imine (C=N–C) groups is 1. The molecule has 6 nitrogen and oxygen atoms in total. The summed E-state index contributed by atoms with van der Waals surface area (Å²) in [4.78, 5) is 16.4. The Kier molecular flexibility index (Phi) is 9.70. The van der Waals surface area contributed by atoms with Gasteiger partial charge < -0.3 is 20.7 Å². The predicted octanol–water partition coefficient (Wildman–Crippen LogP) is 2.05. The van der Waals surface area contributed by atoms with Gasteiger partial charge in [-0.15, -0.1) is 0 Å². The van der Waals surface area contributed by atoms with E-state index < -0.39 is 0 Å². The number of carbonyl (C=O) groups is 1. The normalized spacial score (nSPS) is 18.4. The molecule has 0 aliphatic heterocycles. The van der Waals surface area contributed by atoms with E-state index in [4.69, 9.17) is 4.74 Å². The first-order valence-electron chi connectivity index (χ1n) is 10.1. The Morgan fingerprint density at radius 1 is 1.04 bits per heavy atom. The molecule has 0 atom stereocenters. The van der Waals surface area contributed by atoms with E-state index in [2.05, 4.69) is 27.9 Å². The van der Waals surface area contributed by atoms with Gasteiger partial charge in [-0.25, -0.2) is 0 Å². The minimum absolute atomic E-state index is 0.184. The average molecular weight is 353 g/mol. The lowest BCUT2D eigenvalue weighted by molar-refractivity contribution is -0.121. The first kappa shape index (κ1) is 20.0. The molecule has 0 radical (unpaired) electrons. The molecule has 0 aromatic heterocycles. The number of hydrogen-bond donors (Lipinski definition) is 3. The lowest BCUT2D eigenvalue weighted by Crippen LogP contribution is -2.41. The maximum absolute atomic E-state index is 11.9. The Morgan fingerprint density at radius 3 is 2.52 bits per heavy atom. The fourth-order valence-corrected chi connectivity index (χ4v) is 3.17. The molecule has 0 bridgehead atoms. The van der Waals surface area contributed by atoms with E-state index >= 15 is 0 Å². The van der Waals surface area contributed by atoms with Crippen LogP contribution in [0.1, 0.15) is 58.3 Å². The molecule has 6 heteroatoms.